The Balaban J connectivity index is 2.22. The Morgan fingerprint density at radius 2 is 2.19 bits per heavy atom. The number of nitrogens with one attached hydrogen (secondary N) is 1. The van der Waals surface area contributed by atoms with Gasteiger partial charge in [0, 0.05) is 32.3 Å². The van der Waals surface area contributed by atoms with E-state index in [0.717, 1.165) is 24.5 Å². The van der Waals surface area contributed by atoms with Crippen LogP contribution in [0.5, 0.6) is 0 Å². The molecule has 1 atom stereocenters. The van der Waals surface area contributed by atoms with Gasteiger partial charge in [0.2, 0.25) is 0 Å². The zero-order chi connectivity index (χ0) is 15.2. The van der Waals surface area contributed by atoms with E-state index in [1.54, 1.807) is 7.11 Å². The Morgan fingerprint density at radius 1 is 1.43 bits per heavy atom. The van der Waals surface area contributed by atoms with Crippen molar-refractivity contribution in [2.75, 3.05) is 25.2 Å². The first-order valence-electron chi connectivity index (χ1n) is 7.93. The van der Waals surface area contributed by atoms with E-state index in [2.05, 4.69) is 30.1 Å². The Hall–Kier alpha value is -0.770. The van der Waals surface area contributed by atoms with E-state index < -0.39 is 0 Å². The fourth-order valence-electron chi connectivity index (χ4n) is 2.53. The lowest BCUT2D eigenvalue weighted by Crippen LogP contribution is -2.36. The summed E-state index contributed by atoms with van der Waals surface area (Å²) in [4.78, 5) is 2.38. The van der Waals surface area contributed by atoms with Gasteiger partial charge >= 0.3 is 0 Å². The summed E-state index contributed by atoms with van der Waals surface area (Å²) >= 11 is 6.52. The van der Waals surface area contributed by atoms with Crippen molar-refractivity contribution in [2.24, 2.45) is 0 Å². The molecule has 1 fully saturated rings. The first-order valence-corrected chi connectivity index (χ1v) is 8.31. The average molecular weight is 311 g/mol. The third-order valence-electron chi connectivity index (χ3n) is 4.18. The van der Waals surface area contributed by atoms with E-state index in [9.17, 15) is 0 Å². The highest BCUT2D eigenvalue weighted by atomic mass is 35.5. The molecule has 0 heterocycles. The van der Waals surface area contributed by atoms with Gasteiger partial charge in [-0.3, -0.25) is 0 Å². The van der Waals surface area contributed by atoms with Crippen molar-refractivity contribution in [2.45, 2.75) is 51.7 Å². The monoisotopic (exact) mass is 310 g/mol. The van der Waals surface area contributed by atoms with Gasteiger partial charge in [-0.05, 0) is 37.8 Å². The first-order chi connectivity index (χ1) is 10.2. The van der Waals surface area contributed by atoms with Crippen molar-refractivity contribution in [3.05, 3.63) is 28.8 Å². The molecule has 1 unspecified atom stereocenters. The van der Waals surface area contributed by atoms with Crippen LogP contribution in [0.15, 0.2) is 18.2 Å². The lowest BCUT2D eigenvalue weighted by atomic mass is 10.1. The van der Waals surface area contributed by atoms with Crippen LogP contribution in [0.25, 0.3) is 0 Å². The second-order valence-corrected chi connectivity index (χ2v) is 6.25. The van der Waals surface area contributed by atoms with Crippen LogP contribution < -0.4 is 10.2 Å². The molecule has 1 aliphatic rings. The van der Waals surface area contributed by atoms with Crippen LogP contribution in [-0.4, -0.2) is 32.3 Å². The minimum Gasteiger partial charge on any atom is -0.383 e. The highest BCUT2D eigenvalue weighted by Crippen LogP contribution is 2.32. The predicted molar refractivity (Wildman–Crippen MR) is 90.3 cm³/mol. The maximum absolute atomic E-state index is 6.52. The molecule has 4 heteroatoms. The summed E-state index contributed by atoms with van der Waals surface area (Å²) in [5, 5.41) is 4.43. The Bertz CT molecular complexity index is 448. The number of nitrogens with zero attached hydrogens (tertiary/aromatic N) is 1. The molecule has 0 spiro atoms. The molecule has 0 radical (unpaired) electrons. The highest BCUT2D eigenvalue weighted by Gasteiger charge is 2.23. The van der Waals surface area contributed by atoms with Crippen molar-refractivity contribution in [3.8, 4) is 0 Å². The van der Waals surface area contributed by atoms with Crippen LogP contribution in [0, 0.1) is 0 Å². The molecule has 1 N–H and O–H groups in total. The molecular formula is C17H27ClN2O. The van der Waals surface area contributed by atoms with Gasteiger partial charge in [0.25, 0.3) is 0 Å². The molecule has 0 amide bonds. The molecule has 1 saturated carbocycles. The molecule has 2 rings (SSSR count). The van der Waals surface area contributed by atoms with Crippen LogP contribution in [0.3, 0.4) is 0 Å². The molecule has 0 saturated heterocycles. The molecule has 0 aliphatic heterocycles. The fourth-order valence-corrected chi connectivity index (χ4v) is 2.83. The molecule has 1 aliphatic carbocycles. The normalized spacial score (nSPS) is 16.0. The fraction of sp³-hybridized carbons (Fsp3) is 0.647. The summed E-state index contributed by atoms with van der Waals surface area (Å²) in [6.45, 7) is 6.93. The highest BCUT2D eigenvalue weighted by molar-refractivity contribution is 6.33. The van der Waals surface area contributed by atoms with Gasteiger partial charge in [0.15, 0.2) is 0 Å². The smallest absolute Gasteiger partial charge is 0.0643 e. The van der Waals surface area contributed by atoms with Crippen LogP contribution in [0.1, 0.15) is 38.7 Å². The first kappa shape index (κ1) is 16.6. The number of methoxy groups -OCH3 is 1. The molecular weight excluding hydrogens is 284 g/mol. The lowest BCUT2D eigenvalue weighted by molar-refractivity contribution is 0.203. The number of hydrogen-bond donors (Lipinski definition) is 1. The van der Waals surface area contributed by atoms with Crippen molar-refractivity contribution in [1.29, 1.82) is 0 Å². The van der Waals surface area contributed by atoms with E-state index in [4.69, 9.17) is 16.3 Å². The zero-order valence-corrected chi connectivity index (χ0v) is 14.1. The Kier molecular flexibility index (Phi) is 6.34. The predicted octanol–water partition coefficient (Wildman–Crippen LogP) is 3.84. The SMILES string of the molecule is CCC(C)N(CCOC)c1c(Cl)cccc1CNC1CC1. The van der Waals surface area contributed by atoms with Crippen molar-refractivity contribution in [1.82, 2.24) is 5.32 Å². The summed E-state index contributed by atoms with van der Waals surface area (Å²) in [7, 11) is 1.75. The van der Waals surface area contributed by atoms with Crippen LogP contribution in [0.2, 0.25) is 5.02 Å². The summed E-state index contributed by atoms with van der Waals surface area (Å²) in [6.07, 6.45) is 3.69. The maximum Gasteiger partial charge on any atom is 0.0643 e. The van der Waals surface area contributed by atoms with Gasteiger partial charge in [-0.1, -0.05) is 30.7 Å². The quantitative estimate of drug-likeness (QED) is 0.750. The molecule has 3 nitrogen and oxygen atoms in total. The largest absolute Gasteiger partial charge is 0.383 e. The number of anilines is 1. The summed E-state index contributed by atoms with van der Waals surface area (Å²) in [6, 6.07) is 7.35. The lowest BCUT2D eigenvalue weighted by Gasteiger charge is -2.33. The van der Waals surface area contributed by atoms with Crippen molar-refractivity contribution in [3.63, 3.8) is 0 Å². The Labute approximate surface area is 133 Å². The van der Waals surface area contributed by atoms with E-state index in [1.165, 1.54) is 24.1 Å². The van der Waals surface area contributed by atoms with Crippen molar-refractivity contribution >= 4 is 17.3 Å². The van der Waals surface area contributed by atoms with Crippen LogP contribution in [0.4, 0.5) is 5.69 Å². The van der Waals surface area contributed by atoms with Gasteiger partial charge < -0.3 is 15.0 Å². The molecule has 1 aromatic carbocycles. The molecule has 21 heavy (non-hydrogen) atoms. The van der Waals surface area contributed by atoms with Crippen molar-refractivity contribution < 1.29 is 4.74 Å². The number of hydrogen-bond acceptors (Lipinski definition) is 3. The second-order valence-electron chi connectivity index (χ2n) is 5.85. The number of para-hydroxylation sites is 1. The number of benzene rings is 1. The minimum absolute atomic E-state index is 0.444. The topological polar surface area (TPSA) is 24.5 Å². The second kappa shape index (κ2) is 8.02. The van der Waals surface area contributed by atoms with Gasteiger partial charge in [0.1, 0.15) is 0 Å². The molecule has 118 valence electrons. The van der Waals surface area contributed by atoms with Gasteiger partial charge in [-0.25, -0.2) is 0 Å². The third-order valence-corrected chi connectivity index (χ3v) is 4.48. The van der Waals surface area contributed by atoms with E-state index >= 15 is 0 Å². The third kappa shape index (κ3) is 4.60. The molecule has 0 bridgehead atoms. The summed E-state index contributed by atoms with van der Waals surface area (Å²) < 4.78 is 5.28. The Morgan fingerprint density at radius 3 is 2.81 bits per heavy atom. The van der Waals surface area contributed by atoms with Gasteiger partial charge in [0.05, 0.1) is 17.3 Å². The van der Waals surface area contributed by atoms with Gasteiger partial charge in [-0.15, -0.1) is 0 Å². The standard InChI is InChI=1S/C17H27ClN2O/c1-4-13(2)20(10-11-21-3)17-14(6-5-7-16(17)18)12-19-15-8-9-15/h5-7,13,15,19H,4,8-12H2,1-3H3. The van der Waals surface area contributed by atoms with Gasteiger partial charge in [-0.2, -0.15) is 0 Å². The summed E-state index contributed by atoms with van der Waals surface area (Å²) in [5.74, 6) is 0. The maximum atomic E-state index is 6.52. The van der Waals surface area contributed by atoms with Crippen LogP contribution >= 0.6 is 11.6 Å². The average Bonchev–Trinajstić information content (AvgIpc) is 3.31. The minimum atomic E-state index is 0.444. The number of halogens is 1. The van der Waals surface area contributed by atoms with E-state index in [0.29, 0.717) is 18.7 Å². The number of rotatable bonds is 9. The molecule has 0 aromatic heterocycles. The van der Waals surface area contributed by atoms with Crippen LogP contribution in [-0.2, 0) is 11.3 Å². The summed E-state index contributed by atoms with van der Waals surface area (Å²) in [5.41, 5.74) is 2.45. The van der Waals surface area contributed by atoms with E-state index in [-0.39, 0.29) is 0 Å². The molecule has 1 aromatic rings. The number of ether oxygens (including phenoxy) is 1. The zero-order valence-electron chi connectivity index (χ0n) is 13.4. The van der Waals surface area contributed by atoms with E-state index in [1.807, 2.05) is 12.1 Å².